The van der Waals surface area contributed by atoms with Crippen LogP contribution in [0, 0.1) is 0 Å². The van der Waals surface area contributed by atoms with Crippen molar-refractivity contribution in [3.63, 3.8) is 0 Å². The number of aromatic nitrogens is 3. The number of hydrogen-bond donors (Lipinski definition) is 1. The first-order valence-corrected chi connectivity index (χ1v) is 14.1. The molecule has 0 aliphatic rings. The van der Waals surface area contributed by atoms with Crippen molar-refractivity contribution in [3.8, 4) is 22.9 Å². The van der Waals surface area contributed by atoms with E-state index >= 15 is 0 Å². The highest BCUT2D eigenvalue weighted by Crippen LogP contribution is 2.29. The highest BCUT2D eigenvalue weighted by atomic mass is 32.2. The van der Waals surface area contributed by atoms with Gasteiger partial charge >= 0.3 is 0 Å². The van der Waals surface area contributed by atoms with Crippen LogP contribution in [-0.4, -0.2) is 39.7 Å². The van der Waals surface area contributed by atoms with Gasteiger partial charge in [-0.1, -0.05) is 87.1 Å². The lowest BCUT2D eigenvalue weighted by Gasteiger charge is -2.19. The SMILES string of the molecule is CCn1c(SCC(=O)N/N=C/c2ccc(OCc3ccccc3)c(OC)c2)nnc1-c1ccc(C(C)(C)C)cc1. The van der Waals surface area contributed by atoms with Gasteiger partial charge in [-0.05, 0) is 47.2 Å². The maximum atomic E-state index is 12.5. The minimum atomic E-state index is -0.238. The normalized spacial score (nSPS) is 11.5. The maximum Gasteiger partial charge on any atom is 0.250 e. The number of thioether (sulfide) groups is 1. The van der Waals surface area contributed by atoms with E-state index in [1.807, 2.05) is 60.0 Å². The van der Waals surface area contributed by atoms with Crippen LogP contribution >= 0.6 is 11.8 Å². The summed E-state index contributed by atoms with van der Waals surface area (Å²) in [5.74, 6) is 1.93. The summed E-state index contributed by atoms with van der Waals surface area (Å²) < 4.78 is 13.4. The molecule has 4 aromatic rings. The molecule has 4 rings (SSSR count). The number of nitrogens with zero attached hydrogens (tertiary/aromatic N) is 4. The molecule has 0 aliphatic heterocycles. The van der Waals surface area contributed by atoms with E-state index in [0.717, 1.165) is 22.5 Å². The van der Waals surface area contributed by atoms with Gasteiger partial charge in [0, 0.05) is 12.1 Å². The van der Waals surface area contributed by atoms with Crippen molar-refractivity contribution >= 4 is 23.9 Å². The van der Waals surface area contributed by atoms with Crippen LogP contribution in [0.1, 0.15) is 44.4 Å². The third-order valence-corrected chi connectivity index (χ3v) is 7.17. The lowest BCUT2D eigenvalue weighted by molar-refractivity contribution is -0.118. The summed E-state index contributed by atoms with van der Waals surface area (Å²) in [7, 11) is 1.59. The molecule has 3 aromatic carbocycles. The first-order chi connectivity index (χ1) is 19.3. The van der Waals surface area contributed by atoms with Gasteiger partial charge in [0.05, 0.1) is 19.1 Å². The van der Waals surface area contributed by atoms with Crippen LogP contribution in [0.2, 0.25) is 0 Å². The van der Waals surface area contributed by atoms with Crippen molar-refractivity contribution in [2.45, 2.75) is 51.4 Å². The van der Waals surface area contributed by atoms with Gasteiger partial charge < -0.3 is 14.0 Å². The monoisotopic (exact) mass is 557 g/mol. The molecule has 0 atom stereocenters. The Hall–Kier alpha value is -4.11. The number of carbonyl (C=O) groups is 1. The van der Waals surface area contributed by atoms with E-state index in [0.29, 0.717) is 29.8 Å². The molecule has 9 heteroatoms. The zero-order valence-corrected chi connectivity index (χ0v) is 24.4. The van der Waals surface area contributed by atoms with E-state index in [1.54, 1.807) is 13.3 Å². The van der Waals surface area contributed by atoms with Gasteiger partial charge in [0.25, 0.3) is 5.91 Å². The Kier molecular flexibility index (Phi) is 9.60. The topological polar surface area (TPSA) is 90.6 Å². The summed E-state index contributed by atoms with van der Waals surface area (Å²) >= 11 is 1.33. The second kappa shape index (κ2) is 13.3. The molecule has 0 saturated heterocycles. The Bertz CT molecular complexity index is 1440. The summed E-state index contributed by atoms with van der Waals surface area (Å²) in [4.78, 5) is 12.5. The molecule has 40 heavy (non-hydrogen) atoms. The van der Waals surface area contributed by atoms with E-state index < -0.39 is 0 Å². The number of hydrazone groups is 1. The number of hydrogen-bond acceptors (Lipinski definition) is 7. The van der Waals surface area contributed by atoms with Crippen molar-refractivity contribution in [2.24, 2.45) is 5.10 Å². The summed E-state index contributed by atoms with van der Waals surface area (Å²) in [5, 5.41) is 13.5. The number of carbonyl (C=O) groups excluding carboxylic acids is 1. The zero-order chi connectivity index (χ0) is 28.5. The average Bonchev–Trinajstić information content (AvgIpc) is 3.38. The van der Waals surface area contributed by atoms with Crippen LogP contribution in [0.4, 0.5) is 0 Å². The van der Waals surface area contributed by atoms with Crippen LogP contribution < -0.4 is 14.9 Å². The van der Waals surface area contributed by atoms with Gasteiger partial charge in [0.2, 0.25) is 0 Å². The van der Waals surface area contributed by atoms with Gasteiger partial charge in [-0.2, -0.15) is 5.10 Å². The molecule has 1 heterocycles. The van der Waals surface area contributed by atoms with E-state index in [4.69, 9.17) is 9.47 Å². The highest BCUT2D eigenvalue weighted by molar-refractivity contribution is 7.99. The van der Waals surface area contributed by atoms with Crippen molar-refractivity contribution < 1.29 is 14.3 Å². The second-order valence-electron chi connectivity index (χ2n) is 10.1. The van der Waals surface area contributed by atoms with Gasteiger partial charge in [-0.3, -0.25) is 4.79 Å². The molecular formula is C31H35N5O3S. The number of ether oxygens (including phenoxy) is 2. The second-order valence-corrected chi connectivity index (χ2v) is 11.1. The molecule has 0 fully saturated rings. The largest absolute Gasteiger partial charge is 0.493 e. The quantitative estimate of drug-likeness (QED) is 0.136. The Balaban J connectivity index is 1.31. The van der Waals surface area contributed by atoms with Gasteiger partial charge in [0.1, 0.15) is 6.61 Å². The zero-order valence-electron chi connectivity index (χ0n) is 23.5. The lowest BCUT2D eigenvalue weighted by Crippen LogP contribution is -2.20. The number of nitrogens with one attached hydrogen (secondary N) is 1. The number of benzene rings is 3. The Morgan fingerprint density at radius 3 is 2.45 bits per heavy atom. The van der Waals surface area contributed by atoms with Crippen LogP contribution in [-0.2, 0) is 23.4 Å². The summed E-state index contributed by atoms with van der Waals surface area (Å²) in [6, 6.07) is 23.8. The molecule has 1 aromatic heterocycles. The number of rotatable bonds is 11. The third kappa shape index (κ3) is 7.51. The van der Waals surface area contributed by atoms with Crippen molar-refractivity contribution in [2.75, 3.05) is 12.9 Å². The molecule has 8 nitrogen and oxygen atoms in total. The minimum Gasteiger partial charge on any atom is -0.493 e. The molecule has 0 radical (unpaired) electrons. The van der Waals surface area contributed by atoms with E-state index in [2.05, 4.69) is 65.8 Å². The summed E-state index contributed by atoms with van der Waals surface area (Å²) in [6.07, 6.45) is 1.57. The van der Waals surface area contributed by atoms with E-state index in [1.165, 1.54) is 17.3 Å². The smallest absolute Gasteiger partial charge is 0.250 e. The summed E-state index contributed by atoms with van der Waals surface area (Å²) in [6.45, 7) is 9.74. The Labute approximate surface area is 239 Å². The fourth-order valence-corrected chi connectivity index (χ4v) is 4.77. The molecule has 0 unspecified atom stereocenters. The van der Waals surface area contributed by atoms with Crippen LogP contribution in [0.3, 0.4) is 0 Å². The van der Waals surface area contributed by atoms with Gasteiger partial charge in [-0.25, -0.2) is 5.43 Å². The summed E-state index contributed by atoms with van der Waals surface area (Å²) in [5.41, 5.74) is 6.75. The fraction of sp³-hybridized carbons (Fsp3) is 0.290. The van der Waals surface area contributed by atoms with Gasteiger partial charge in [-0.15, -0.1) is 10.2 Å². The predicted octanol–water partition coefficient (Wildman–Crippen LogP) is 6.09. The molecule has 0 bridgehead atoms. The molecule has 0 spiro atoms. The van der Waals surface area contributed by atoms with Crippen molar-refractivity contribution in [1.82, 2.24) is 20.2 Å². The fourth-order valence-electron chi connectivity index (χ4n) is 3.97. The molecule has 0 aliphatic carbocycles. The van der Waals surface area contributed by atoms with E-state index in [9.17, 15) is 4.79 Å². The minimum absolute atomic E-state index is 0.0836. The highest BCUT2D eigenvalue weighted by Gasteiger charge is 2.17. The van der Waals surface area contributed by atoms with Crippen LogP contribution in [0.5, 0.6) is 11.5 Å². The first kappa shape index (κ1) is 28.9. The third-order valence-electron chi connectivity index (χ3n) is 6.20. The van der Waals surface area contributed by atoms with Crippen molar-refractivity contribution in [1.29, 1.82) is 0 Å². The first-order valence-electron chi connectivity index (χ1n) is 13.1. The van der Waals surface area contributed by atoms with E-state index in [-0.39, 0.29) is 17.1 Å². The Morgan fingerprint density at radius 1 is 1.02 bits per heavy atom. The van der Waals surface area contributed by atoms with Gasteiger partial charge in [0.15, 0.2) is 22.5 Å². The molecule has 208 valence electrons. The molecule has 0 saturated carbocycles. The number of amides is 1. The molecule has 1 amide bonds. The predicted molar refractivity (Wildman–Crippen MR) is 160 cm³/mol. The lowest BCUT2D eigenvalue weighted by atomic mass is 9.87. The standard InChI is InChI=1S/C31H35N5O3S/c1-6-36-29(24-13-15-25(16-14-24)31(2,3)4)34-35-30(36)40-21-28(37)33-32-19-23-12-17-26(27(18-23)38-5)39-20-22-10-8-7-9-11-22/h7-19H,6,20-21H2,1-5H3,(H,33,37)/b32-19+. The average molecular weight is 558 g/mol. The number of methoxy groups -OCH3 is 1. The molecular weight excluding hydrogens is 522 g/mol. The van der Waals surface area contributed by atoms with Crippen molar-refractivity contribution in [3.05, 3.63) is 89.5 Å². The van der Waals surface area contributed by atoms with Crippen LogP contribution in [0.15, 0.2) is 83.1 Å². The maximum absolute atomic E-state index is 12.5. The van der Waals surface area contributed by atoms with Crippen LogP contribution in [0.25, 0.3) is 11.4 Å². The Morgan fingerprint density at radius 2 is 1.77 bits per heavy atom. The molecule has 1 N–H and O–H groups in total.